The number of hydrogen-bond acceptors (Lipinski definition) is 9. The fourth-order valence-electron chi connectivity index (χ4n) is 3.88. The number of carbonyl (C=O) groups is 2. The first-order valence-corrected chi connectivity index (χ1v) is 12.8. The lowest BCUT2D eigenvalue weighted by Gasteiger charge is -2.26. The van der Waals surface area contributed by atoms with E-state index in [-0.39, 0.29) is 18.9 Å². The number of rotatable bonds is 12. The van der Waals surface area contributed by atoms with Crippen molar-refractivity contribution in [3.63, 3.8) is 0 Å². The van der Waals surface area contributed by atoms with E-state index in [1.54, 1.807) is 31.3 Å². The Bertz CT molecular complexity index is 1000. The molecule has 0 amide bonds. The molecule has 0 aliphatic carbocycles. The van der Waals surface area contributed by atoms with Gasteiger partial charge in [0.2, 0.25) is 0 Å². The Hall–Kier alpha value is -2.69. The van der Waals surface area contributed by atoms with Crippen molar-refractivity contribution in [1.82, 2.24) is 4.98 Å². The minimum absolute atomic E-state index is 0.00401. The largest absolute Gasteiger partial charge is 0.493 e. The summed E-state index contributed by atoms with van der Waals surface area (Å²) in [5.41, 5.74) is 8.84. The van der Waals surface area contributed by atoms with Crippen LogP contribution in [0.4, 0.5) is 5.13 Å². The van der Waals surface area contributed by atoms with Crippen LogP contribution in [0.5, 0.6) is 5.75 Å². The Morgan fingerprint density at radius 1 is 1.26 bits per heavy atom. The molecule has 1 aromatic heterocycles. The van der Waals surface area contributed by atoms with Crippen LogP contribution in [0.25, 0.3) is 0 Å². The molecule has 1 aliphatic heterocycles. The second-order valence-electron chi connectivity index (χ2n) is 8.80. The number of carbonyl (C=O) groups excluding carboxylic acids is 1. The summed E-state index contributed by atoms with van der Waals surface area (Å²) in [7, 11) is 0. The number of thiazole rings is 1. The second kappa shape index (κ2) is 12.9. The van der Waals surface area contributed by atoms with Crippen LogP contribution in [-0.2, 0) is 31.9 Å². The smallest absolute Gasteiger partial charge is 0.307 e. The Kier molecular flexibility index (Phi) is 9.88. The maximum atomic E-state index is 12.1. The van der Waals surface area contributed by atoms with E-state index < -0.39 is 18.0 Å². The molecular weight excluding hydrogens is 470 g/mol. The van der Waals surface area contributed by atoms with Gasteiger partial charge in [0.1, 0.15) is 5.75 Å². The third-order valence-corrected chi connectivity index (χ3v) is 6.72. The summed E-state index contributed by atoms with van der Waals surface area (Å²) in [4.78, 5) is 31.4. The monoisotopic (exact) mass is 505 g/mol. The molecule has 35 heavy (non-hydrogen) atoms. The zero-order valence-corrected chi connectivity index (χ0v) is 21.4. The van der Waals surface area contributed by atoms with Crippen LogP contribution < -0.4 is 15.4 Å². The SMILES string of the molecule is Cc1sc(N2CCOCC2)nc1CCOc1ccc(CCC(=O)O)c(C(N)CC(=O)OC(C)C)c1. The predicted molar refractivity (Wildman–Crippen MR) is 134 cm³/mol. The first kappa shape index (κ1) is 26.9. The summed E-state index contributed by atoms with van der Waals surface area (Å²) >= 11 is 1.69. The number of aromatic nitrogens is 1. The van der Waals surface area contributed by atoms with Crippen LogP contribution in [-0.4, -0.2) is 61.0 Å². The fraction of sp³-hybridized carbons (Fsp3) is 0.560. The highest BCUT2D eigenvalue weighted by Gasteiger charge is 2.19. The van der Waals surface area contributed by atoms with Crippen LogP contribution in [0.2, 0.25) is 0 Å². The van der Waals surface area contributed by atoms with Crippen molar-refractivity contribution in [1.29, 1.82) is 0 Å². The van der Waals surface area contributed by atoms with Gasteiger partial charge in [0.15, 0.2) is 5.13 Å². The van der Waals surface area contributed by atoms with Crippen molar-refractivity contribution in [2.75, 3.05) is 37.8 Å². The van der Waals surface area contributed by atoms with Crippen LogP contribution in [0.15, 0.2) is 18.2 Å². The van der Waals surface area contributed by atoms with Gasteiger partial charge in [-0.15, -0.1) is 11.3 Å². The average Bonchev–Trinajstić information content (AvgIpc) is 3.18. The zero-order valence-electron chi connectivity index (χ0n) is 20.6. The molecule has 192 valence electrons. The fourth-order valence-corrected chi connectivity index (χ4v) is 4.88. The van der Waals surface area contributed by atoms with Crippen LogP contribution >= 0.6 is 11.3 Å². The van der Waals surface area contributed by atoms with Gasteiger partial charge >= 0.3 is 11.9 Å². The van der Waals surface area contributed by atoms with Gasteiger partial charge in [-0.1, -0.05) is 6.07 Å². The van der Waals surface area contributed by atoms with Crippen LogP contribution in [0, 0.1) is 6.92 Å². The van der Waals surface area contributed by atoms with Crippen molar-refractivity contribution >= 4 is 28.4 Å². The topological polar surface area (TPSA) is 124 Å². The van der Waals surface area contributed by atoms with Gasteiger partial charge in [-0.05, 0) is 50.5 Å². The van der Waals surface area contributed by atoms with Gasteiger partial charge in [0.05, 0.1) is 38.0 Å². The highest BCUT2D eigenvalue weighted by Crippen LogP contribution is 2.28. The average molecular weight is 506 g/mol. The Balaban J connectivity index is 1.65. The highest BCUT2D eigenvalue weighted by molar-refractivity contribution is 7.15. The normalized spacial score (nSPS) is 14.7. The molecule has 0 spiro atoms. The van der Waals surface area contributed by atoms with Crippen LogP contribution in [0.3, 0.4) is 0 Å². The van der Waals surface area contributed by atoms with Crippen LogP contribution in [0.1, 0.15) is 54.4 Å². The highest BCUT2D eigenvalue weighted by atomic mass is 32.1. The van der Waals surface area contributed by atoms with E-state index in [2.05, 4.69) is 11.8 Å². The number of aliphatic carboxylic acids is 1. The van der Waals surface area contributed by atoms with Crippen molar-refractivity contribution in [2.45, 2.75) is 58.6 Å². The third kappa shape index (κ3) is 8.19. The van der Waals surface area contributed by atoms with E-state index in [0.717, 1.165) is 42.7 Å². The first-order chi connectivity index (χ1) is 16.7. The molecular formula is C25H35N3O6S. The molecule has 1 saturated heterocycles. The van der Waals surface area contributed by atoms with Gasteiger partial charge in [-0.25, -0.2) is 4.98 Å². The Morgan fingerprint density at radius 2 is 2.00 bits per heavy atom. The molecule has 1 unspecified atom stereocenters. The lowest BCUT2D eigenvalue weighted by atomic mass is 9.95. The number of anilines is 1. The molecule has 0 saturated carbocycles. The van der Waals surface area contributed by atoms with Crippen molar-refractivity contribution < 1.29 is 28.9 Å². The number of esters is 1. The van der Waals surface area contributed by atoms with Crippen molar-refractivity contribution in [3.8, 4) is 5.75 Å². The number of hydrogen-bond donors (Lipinski definition) is 2. The molecule has 3 N–H and O–H groups in total. The Morgan fingerprint density at radius 3 is 2.69 bits per heavy atom. The van der Waals surface area contributed by atoms with Crippen molar-refractivity contribution in [3.05, 3.63) is 39.9 Å². The lowest BCUT2D eigenvalue weighted by molar-refractivity contribution is -0.147. The van der Waals surface area contributed by atoms with Gasteiger partial charge in [-0.3, -0.25) is 9.59 Å². The molecule has 2 heterocycles. The third-order valence-electron chi connectivity index (χ3n) is 5.65. The quantitative estimate of drug-likeness (QED) is 0.418. The first-order valence-electron chi connectivity index (χ1n) is 11.9. The Labute approximate surface area is 210 Å². The molecule has 1 aliphatic rings. The number of nitrogens with two attached hydrogens (primary N) is 1. The van der Waals surface area contributed by atoms with Gasteiger partial charge < -0.3 is 30.0 Å². The summed E-state index contributed by atoms with van der Waals surface area (Å²) in [6.07, 6.45) is 0.735. The molecule has 0 bridgehead atoms. The number of nitrogens with zero attached hydrogens (tertiary/aromatic N) is 2. The maximum absolute atomic E-state index is 12.1. The maximum Gasteiger partial charge on any atom is 0.307 e. The number of carboxylic acids is 1. The molecule has 2 aromatic rings. The molecule has 9 nitrogen and oxygen atoms in total. The number of morpholine rings is 1. The number of carboxylic acid groups (broad SMARTS) is 1. The summed E-state index contributed by atoms with van der Waals surface area (Å²) < 4.78 is 16.6. The molecule has 1 aromatic carbocycles. The predicted octanol–water partition coefficient (Wildman–Crippen LogP) is 3.27. The number of ether oxygens (including phenoxy) is 3. The van der Waals surface area contributed by atoms with E-state index in [4.69, 9.17) is 30.0 Å². The summed E-state index contributed by atoms with van der Waals surface area (Å²) in [5, 5.41) is 10.1. The van der Waals surface area contributed by atoms with E-state index >= 15 is 0 Å². The number of benzene rings is 1. The lowest BCUT2D eigenvalue weighted by Crippen LogP contribution is -2.36. The van der Waals surface area contributed by atoms with E-state index in [0.29, 0.717) is 30.8 Å². The van der Waals surface area contributed by atoms with E-state index in [9.17, 15) is 9.59 Å². The van der Waals surface area contributed by atoms with E-state index in [1.807, 2.05) is 12.1 Å². The summed E-state index contributed by atoms with van der Waals surface area (Å²) in [5.74, 6) is -0.662. The minimum atomic E-state index is -0.890. The summed E-state index contributed by atoms with van der Waals surface area (Å²) in [6.45, 7) is 9.22. The molecule has 3 rings (SSSR count). The molecule has 10 heteroatoms. The molecule has 1 atom stereocenters. The van der Waals surface area contributed by atoms with E-state index in [1.165, 1.54) is 4.88 Å². The van der Waals surface area contributed by atoms with Gasteiger partial charge in [0.25, 0.3) is 0 Å². The second-order valence-corrected chi connectivity index (χ2v) is 9.98. The van der Waals surface area contributed by atoms with Gasteiger partial charge in [-0.2, -0.15) is 0 Å². The van der Waals surface area contributed by atoms with Gasteiger partial charge in [0, 0.05) is 36.9 Å². The molecule has 0 radical (unpaired) electrons. The number of aryl methyl sites for hydroxylation is 2. The molecule has 1 fully saturated rings. The summed E-state index contributed by atoms with van der Waals surface area (Å²) in [6, 6.07) is 4.82. The minimum Gasteiger partial charge on any atom is -0.493 e. The standard InChI is InChI=1S/C25H35N3O6S/c1-16(2)34-24(31)15-21(26)20-14-19(6-4-18(20)5-7-23(29)30)33-11-8-22-17(3)35-25(27-22)28-9-12-32-13-10-28/h4,6,14,16,21H,5,7-13,15,26H2,1-3H3,(H,29,30). The van der Waals surface area contributed by atoms with Crippen molar-refractivity contribution in [2.24, 2.45) is 5.73 Å². The zero-order chi connectivity index (χ0) is 25.4.